The minimum absolute atomic E-state index is 0.0533. The van der Waals surface area contributed by atoms with E-state index in [-0.39, 0.29) is 15.8 Å². The second kappa shape index (κ2) is 5.63. The van der Waals surface area contributed by atoms with Crippen LogP contribution in [0.15, 0.2) is 27.5 Å². The van der Waals surface area contributed by atoms with Gasteiger partial charge in [0.05, 0.1) is 11.6 Å². The van der Waals surface area contributed by atoms with Crippen LogP contribution in [0.5, 0.6) is 0 Å². The Balaban J connectivity index is 2.23. The Hall–Kier alpha value is -1.25. The molecule has 2 N–H and O–H groups in total. The molecule has 0 spiro atoms. The third-order valence-electron chi connectivity index (χ3n) is 2.56. The third kappa shape index (κ3) is 3.25. The Morgan fingerprint density at radius 1 is 1.55 bits per heavy atom. The fourth-order valence-electron chi connectivity index (χ4n) is 1.46. The number of carboxylic acid groups (broad SMARTS) is 1. The summed E-state index contributed by atoms with van der Waals surface area (Å²) in [6, 6.07) is 4.34. The molecule has 0 saturated carbocycles. The lowest BCUT2D eigenvalue weighted by molar-refractivity contribution is -0.140. The summed E-state index contributed by atoms with van der Waals surface area (Å²) in [6.07, 6.45) is 0. The van der Waals surface area contributed by atoms with Crippen molar-refractivity contribution in [1.82, 2.24) is 0 Å². The smallest absolute Gasteiger partial charge is 0.307 e. The van der Waals surface area contributed by atoms with E-state index in [4.69, 9.17) is 16.7 Å². The van der Waals surface area contributed by atoms with Crippen molar-refractivity contribution in [2.75, 3.05) is 11.1 Å². The molecule has 2 rings (SSSR count). The number of hydrogen-bond acceptors (Lipinski definition) is 5. The Bertz CT molecular complexity index is 688. The van der Waals surface area contributed by atoms with Crippen LogP contribution in [-0.2, 0) is 14.8 Å². The Labute approximate surface area is 125 Å². The zero-order valence-corrected chi connectivity index (χ0v) is 12.7. The predicted octanol–water partition coefficient (Wildman–Crippen LogP) is 2.26. The minimum atomic E-state index is -3.78. The second-order valence-corrected chi connectivity index (χ2v) is 7.20. The number of halogens is 1. The highest BCUT2D eigenvalue weighted by Crippen LogP contribution is 2.31. The van der Waals surface area contributed by atoms with Gasteiger partial charge in [0.15, 0.2) is 5.17 Å². The van der Waals surface area contributed by atoms with Gasteiger partial charge in [0.25, 0.3) is 10.0 Å². The molecular formula is C11H11ClN2O4S2. The van der Waals surface area contributed by atoms with E-state index in [0.29, 0.717) is 10.7 Å². The summed E-state index contributed by atoms with van der Waals surface area (Å²) in [4.78, 5) is 10.8. The maximum atomic E-state index is 12.0. The Morgan fingerprint density at radius 3 is 2.90 bits per heavy atom. The normalized spacial score (nSPS) is 17.6. The molecule has 0 radical (unpaired) electrons. The van der Waals surface area contributed by atoms with E-state index in [1.54, 1.807) is 0 Å². The van der Waals surface area contributed by atoms with Crippen molar-refractivity contribution in [3.8, 4) is 0 Å². The largest absolute Gasteiger partial charge is 0.481 e. The average molecular weight is 335 g/mol. The highest BCUT2D eigenvalue weighted by Gasteiger charge is 2.25. The van der Waals surface area contributed by atoms with Gasteiger partial charge in [-0.15, -0.1) is 4.40 Å². The quantitative estimate of drug-likeness (QED) is 0.880. The van der Waals surface area contributed by atoms with Crippen LogP contribution in [0.3, 0.4) is 0 Å². The summed E-state index contributed by atoms with van der Waals surface area (Å²) in [6.45, 7) is 1.54. The van der Waals surface area contributed by atoms with Crippen LogP contribution >= 0.6 is 23.4 Å². The van der Waals surface area contributed by atoms with Crippen LogP contribution in [-0.4, -0.2) is 30.4 Å². The van der Waals surface area contributed by atoms with Crippen molar-refractivity contribution in [2.24, 2.45) is 10.3 Å². The van der Waals surface area contributed by atoms with Crippen molar-refractivity contribution in [3.05, 3.63) is 23.2 Å². The molecule has 1 atom stereocenters. The van der Waals surface area contributed by atoms with Gasteiger partial charge in [0.2, 0.25) is 0 Å². The van der Waals surface area contributed by atoms with E-state index >= 15 is 0 Å². The Kier molecular flexibility index (Phi) is 4.26. The number of sulfonamides is 1. The molecule has 0 unspecified atom stereocenters. The molecule has 0 aromatic heterocycles. The van der Waals surface area contributed by atoms with Gasteiger partial charge >= 0.3 is 5.97 Å². The molecule has 0 bridgehead atoms. The van der Waals surface area contributed by atoms with E-state index in [1.165, 1.54) is 25.1 Å². The van der Waals surface area contributed by atoms with Gasteiger partial charge < -0.3 is 10.4 Å². The second-order valence-electron chi connectivity index (χ2n) is 4.19. The van der Waals surface area contributed by atoms with Crippen LogP contribution in [0, 0.1) is 5.92 Å². The SMILES string of the molecule is C[C@H](CSC1=NS(=O)(=O)c2ccc(Cl)cc2N1)C(=O)O. The number of rotatable bonds is 3. The minimum Gasteiger partial charge on any atom is -0.481 e. The van der Waals surface area contributed by atoms with Gasteiger partial charge in [-0.1, -0.05) is 30.3 Å². The van der Waals surface area contributed by atoms with Crippen molar-refractivity contribution in [1.29, 1.82) is 0 Å². The number of anilines is 1. The maximum absolute atomic E-state index is 12.0. The molecule has 9 heteroatoms. The third-order valence-corrected chi connectivity index (χ3v) is 5.37. The van der Waals surface area contributed by atoms with E-state index in [1.807, 2.05) is 0 Å². The lowest BCUT2D eigenvalue weighted by atomic mass is 10.2. The van der Waals surface area contributed by atoms with Gasteiger partial charge in [-0.05, 0) is 18.2 Å². The summed E-state index contributed by atoms with van der Waals surface area (Å²) in [7, 11) is -3.78. The molecule has 0 saturated heterocycles. The van der Waals surface area contributed by atoms with Gasteiger partial charge in [-0.25, -0.2) is 0 Å². The first-order valence-corrected chi connectivity index (χ1v) is 8.37. The molecule has 0 aliphatic carbocycles. The first kappa shape index (κ1) is 15.1. The molecule has 1 aromatic carbocycles. The van der Waals surface area contributed by atoms with E-state index in [9.17, 15) is 13.2 Å². The van der Waals surface area contributed by atoms with Crippen LogP contribution < -0.4 is 5.32 Å². The van der Waals surface area contributed by atoms with E-state index in [0.717, 1.165) is 11.8 Å². The number of carboxylic acids is 1. The first-order valence-electron chi connectivity index (χ1n) is 5.57. The summed E-state index contributed by atoms with van der Waals surface area (Å²) in [5.41, 5.74) is 0.345. The molecule has 20 heavy (non-hydrogen) atoms. The van der Waals surface area contributed by atoms with Crippen molar-refractivity contribution in [2.45, 2.75) is 11.8 Å². The molecular weight excluding hydrogens is 324 g/mol. The molecule has 1 aromatic rings. The standard InChI is InChI=1S/C11H11ClN2O4S2/c1-6(10(15)16)5-19-11-13-8-4-7(12)2-3-9(8)20(17,18)14-11/h2-4,6H,5H2,1H3,(H,13,14)(H,15,16)/t6-/m1/s1. The number of carbonyl (C=O) groups is 1. The number of aliphatic carboxylic acids is 1. The molecule has 1 aliphatic rings. The number of thioether (sulfide) groups is 1. The number of amidine groups is 1. The van der Waals surface area contributed by atoms with Gasteiger partial charge in [0, 0.05) is 10.8 Å². The zero-order chi connectivity index (χ0) is 14.9. The fourth-order valence-corrected chi connectivity index (χ4v) is 3.86. The van der Waals surface area contributed by atoms with E-state index in [2.05, 4.69) is 9.71 Å². The van der Waals surface area contributed by atoms with E-state index < -0.39 is 21.9 Å². The Morgan fingerprint density at radius 2 is 2.25 bits per heavy atom. The molecule has 1 heterocycles. The van der Waals surface area contributed by atoms with Crippen molar-refractivity contribution in [3.63, 3.8) is 0 Å². The molecule has 0 fully saturated rings. The van der Waals surface area contributed by atoms with Crippen LogP contribution in [0.25, 0.3) is 0 Å². The fraction of sp³-hybridized carbons (Fsp3) is 0.273. The van der Waals surface area contributed by atoms with Gasteiger partial charge in [-0.2, -0.15) is 8.42 Å². The highest BCUT2D eigenvalue weighted by atomic mass is 35.5. The summed E-state index contributed by atoms with van der Waals surface area (Å²) in [5, 5.41) is 12.2. The zero-order valence-electron chi connectivity index (χ0n) is 10.3. The topological polar surface area (TPSA) is 95.8 Å². The molecule has 1 aliphatic heterocycles. The molecule has 0 amide bonds. The number of benzene rings is 1. The van der Waals surface area contributed by atoms with Gasteiger partial charge in [-0.3, -0.25) is 4.79 Å². The lowest BCUT2D eigenvalue weighted by Gasteiger charge is -2.18. The monoisotopic (exact) mass is 334 g/mol. The lowest BCUT2D eigenvalue weighted by Crippen LogP contribution is -2.21. The van der Waals surface area contributed by atoms with Crippen LogP contribution in [0.4, 0.5) is 5.69 Å². The average Bonchev–Trinajstić information content (AvgIpc) is 2.34. The summed E-state index contributed by atoms with van der Waals surface area (Å²) < 4.78 is 27.6. The van der Waals surface area contributed by atoms with Crippen LogP contribution in [0.2, 0.25) is 5.02 Å². The van der Waals surface area contributed by atoms with Crippen molar-refractivity contribution >= 4 is 50.2 Å². The number of nitrogens with zero attached hydrogens (tertiary/aromatic N) is 1. The van der Waals surface area contributed by atoms with Crippen molar-refractivity contribution < 1.29 is 18.3 Å². The number of fused-ring (bicyclic) bond motifs is 1. The number of nitrogens with one attached hydrogen (secondary N) is 1. The first-order chi connectivity index (χ1) is 9.29. The van der Waals surface area contributed by atoms with Crippen LogP contribution in [0.1, 0.15) is 6.92 Å². The highest BCUT2D eigenvalue weighted by molar-refractivity contribution is 8.14. The van der Waals surface area contributed by atoms with Gasteiger partial charge in [0.1, 0.15) is 4.90 Å². The maximum Gasteiger partial charge on any atom is 0.307 e. The molecule has 6 nitrogen and oxygen atoms in total. The molecule has 108 valence electrons. The predicted molar refractivity (Wildman–Crippen MR) is 79.0 cm³/mol. The summed E-state index contributed by atoms with van der Waals surface area (Å²) >= 11 is 6.87. The summed E-state index contributed by atoms with van der Waals surface area (Å²) in [5.74, 6) is -1.33. The number of hydrogen-bond donors (Lipinski definition) is 2.